The van der Waals surface area contributed by atoms with E-state index >= 15 is 0 Å². The number of rotatable bonds is 3. The molecule has 2 unspecified atom stereocenters. The van der Waals surface area contributed by atoms with E-state index in [1.165, 1.54) is 25.7 Å². The number of carbonyl (C=O) groups excluding carboxylic acids is 1. The first-order valence-electron chi connectivity index (χ1n) is 11.5. The second kappa shape index (κ2) is 7.74. The van der Waals surface area contributed by atoms with Crippen molar-refractivity contribution < 1.29 is 4.79 Å². The van der Waals surface area contributed by atoms with Gasteiger partial charge in [-0.1, -0.05) is 19.3 Å². The number of nitrogens with zero attached hydrogens (tertiary/aromatic N) is 5. The zero-order valence-corrected chi connectivity index (χ0v) is 17.8. The molecule has 1 amide bonds. The predicted molar refractivity (Wildman–Crippen MR) is 115 cm³/mol. The third kappa shape index (κ3) is 3.47. The number of amides is 1. The average molecular weight is 399 g/mol. The third-order valence-electron chi connectivity index (χ3n) is 7.61. The first-order valence-corrected chi connectivity index (χ1v) is 11.5. The Labute approximate surface area is 173 Å². The SMILES string of the molecule is CN1CCC(Nc2ncc3c(n2)N(C2CCCC2)C2CCCC2C(=O)N3C)CC1. The van der Waals surface area contributed by atoms with Gasteiger partial charge in [-0.15, -0.1) is 0 Å². The minimum atomic E-state index is 0.0973. The van der Waals surface area contributed by atoms with Crippen LogP contribution in [0.3, 0.4) is 0 Å². The van der Waals surface area contributed by atoms with Crippen LogP contribution in [0.15, 0.2) is 6.20 Å². The van der Waals surface area contributed by atoms with Crippen LogP contribution < -0.4 is 15.1 Å². The molecular formula is C22H34N6O. The Morgan fingerprint density at radius 3 is 2.52 bits per heavy atom. The van der Waals surface area contributed by atoms with Gasteiger partial charge in [0.1, 0.15) is 5.69 Å². The molecule has 0 radical (unpaired) electrons. The van der Waals surface area contributed by atoms with Crippen molar-refractivity contribution in [3.05, 3.63) is 6.20 Å². The number of anilines is 3. The Bertz CT molecular complexity index is 756. The van der Waals surface area contributed by atoms with Crippen LogP contribution in [-0.2, 0) is 4.79 Å². The fourth-order valence-corrected chi connectivity index (χ4v) is 5.91. The lowest BCUT2D eigenvalue weighted by Crippen LogP contribution is -2.46. The average Bonchev–Trinajstić information content (AvgIpc) is 3.41. The minimum Gasteiger partial charge on any atom is -0.351 e. The van der Waals surface area contributed by atoms with Crippen LogP contribution in [0.4, 0.5) is 17.5 Å². The van der Waals surface area contributed by atoms with Gasteiger partial charge in [0.2, 0.25) is 11.9 Å². The molecular weight excluding hydrogens is 364 g/mol. The van der Waals surface area contributed by atoms with Crippen molar-refractivity contribution in [2.45, 2.75) is 75.9 Å². The number of likely N-dealkylation sites (tertiary alicyclic amines) is 1. The highest BCUT2D eigenvalue weighted by Gasteiger charge is 2.46. The first-order chi connectivity index (χ1) is 14.1. The number of piperidine rings is 1. The Morgan fingerprint density at radius 2 is 1.76 bits per heavy atom. The highest BCUT2D eigenvalue weighted by molar-refractivity contribution is 5.99. The smallest absolute Gasteiger partial charge is 0.232 e. The second-order valence-electron chi connectivity index (χ2n) is 9.47. The summed E-state index contributed by atoms with van der Waals surface area (Å²) in [4.78, 5) is 29.6. The van der Waals surface area contributed by atoms with Crippen LogP contribution in [-0.4, -0.2) is 66.1 Å². The Kier molecular flexibility index (Phi) is 5.10. The quantitative estimate of drug-likeness (QED) is 0.845. The number of hydrogen-bond donors (Lipinski definition) is 1. The van der Waals surface area contributed by atoms with Crippen molar-refractivity contribution in [3.63, 3.8) is 0 Å². The molecule has 0 aromatic carbocycles. The normalized spacial score (nSPS) is 29.1. The summed E-state index contributed by atoms with van der Waals surface area (Å²) in [6, 6.07) is 1.22. The molecule has 0 spiro atoms. The number of fused-ring (bicyclic) bond motifs is 2. The molecule has 1 saturated heterocycles. The molecule has 158 valence electrons. The van der Waals surface area contributed by atoms with Crippen LogP contribution in [0, 0.1) is 5.92 Å². The van der Waals surface area contributed by atoms with Gasteiger partial charge >= 0.3 is 0 Å². The van der Waals surface area contributed by atoms with Gasteiger partial charge in [0.25, 0.3) is 0 Å². The minimum absolute atomic E-state index is 0.0973. The molecule has 3 heterocycles. The maximum atomic E-state index is 13.2. The van der Waals surface area contributed by atoms with Crippen molar-refractivity contribution in [1.82, 2.24) is 14.9 Å². The number of nitrogens with one attached hydrogen (secondary N) is 1. The van der Waals surface area contributed by atoms with Gasteiger partial charge in [-0.05, 0) is 58.7 Å². The van der Waals surface area contributed by atoms with Crippen molar-refractivity contribution in [3.8, 4) is 0 Å². The maximum Gasteiger partial charge on any atom is 0.232 e. The molecule has 1 aromatic heterocycles. The molecule has 29 heavy (non-hydrogen) atoms. The summed E-state index contributed by atoms with van der Waals surface area (Å²) in [7, 11) is 4.08. The van der Waals surface area contributed by atoms with Gasteiger partial charge in [0, 0.05) is 25.2 Å². The van der Waals surface area contributed by atoms with Crippen LogP contribution in [0.1, 0.15) is 57.8 Å². The standard InChI is InChI=1S/C22H34N6O/c1-26-12-10-15(11-13-26)24-22-23-14-19-20(25-22)28(16-6-3-4-7-16)18-9-5-8-17(18)21(29)27(19)2/h14-18H,3-13H2,1-2H3,(H,23,24,25). The summed E-state index contributed by atoms with van der Waals surface area (Å²) in [6.45, 7) is 2.22. The lowest BCUT2D eigenvalue weighted by Gasteiger charge is -2.37. The molecule has 3 fully saturated rings. The molecule has 0 bridgehead atoms. The van der Waals surface area contributed by atoms with Gasteiger partial charge in [-0.25, -0.2) is 4.98 Å². The van der Waals surface area contributed by atoms with Crippen LogP contribution in [0.5, 0.6) is 0 Å². The second-order valence-corrected chi connectivity index (χ2v) is 9.47. The van der Waals surface area contributed by atoms with Gasteiger partial charge < -0.3 is 20.0 Å². The largest absolute Gasteiger partial charge is 0.351 e. The molecule has 4 aliphatic rings. The van der Waals surface area contributed by atoms with Crippen molar-refractivity contribution in [2.24, 2.45) is 5.92 Å². The maximum absolute atomic E-state index is 13.2. The summed E-state index contributed by atoms with van der Waals surface area (Å²) in [6.07, 6.45) is 12.3. The molecule has 2 atom stereocenters. The van der Waals surface area contributed by atoms with E-state index in [0.29, 0.717) is 18.1 Å². The Balaban J connectivity index is 1.50. The first kappa shape index (κ1) is 19.1. The third-order valence-corrected chi connectivity index (χ3v) is 7.61. The number of hydrogen-bond acceptors (Lipinski definition) is 6. The molecule has 7 heteroatoms. The summed E-state index contributed by atoms with van der Waals surface area (Å²) in [5.41, 5.74) is 0.880. The van der Waals surface area contributed by atoms with E-state index in [-0.39, 0.29) is 11.8 Å². The van der Waals surface area contributed by atoms with E-state index in [4.69, 9.17) is 4.98 Å². The lowest BCUT2D eigenvalue weighted by molar-refractivity contribution is -0.122. The van der Waals surface area contributed by atoms with Gasteiger partial charge in [0.15, 0.2) is 5.82 Å². The summed E-state index contributed by atoms with van der Waals surface area (Å²) >= 11 is 0. The zero-order chi connectivity index (χ0) is 20.0. The topological polar surface area (TPSA) is 64.6 Å². The molecule has 2 aliphatic carbocycles. The highest BCUT2D eigenvalue weighted by Crippen LogP contribution is 2.44. The Hall–Kier alpha value is -1.89. The molecule has 2 saturated carbocycles. The van der Waals surface area contributed by atoms with Crippen molar-refractivity contribution in [1.29, 1.82) is 0 Å². The monoisotopic (exact) mass is 398 g/mol. The van der Waals surface area contributed by atoms with Gasteiger partial charge in [0.05, 0.1) is 12.1 Å². The van der Waals surface area contributed by atoms with Crippen molar-refractivity contribution in [2.75, 3.05) is 42.3 Å². The Morgan fingerprint density at radius 1 is 1.00 bits per heavy atom. The van der Waals surface area contributed by atoms with E-state index in [2.05, 4.69) is 27.1 Å². The number of carbonyl (C=O) groups is 1. The summed E-state index contributed by atoms with van der Waals surface area (Å²) < 4.78 is 0. The molecule has 2 aliphatic heterocycles. The molecule has 1 aromatic rings. The summed E-state index contributed by atoms with van der Waals surface area (Å²) in [5.74, 6) is 2.04. The summed E-state index contributed by atoms with van der Waals surface area (Å²) in [5, 5.41) is 3.59. The predicted octanol–water partition coefficient (Wildman–Crippen LogP) is 2.88. The fraction of sp³-hybridized carbons (Fsp3) is 0.773. The van der Waals surface area contributed by atoms with Gasteiger partial charge in [-0.2, -0.15) is 4.98 Å². The van der Waals surface area contributed by atoms with E-state index in [1.54, 1.807) is 0 Å². The molecule has 5 rings (SSSR count). The van der Waals surface area contributed by atoms with Crippen LogP contribution in [0.25, 0.3) is 0 Å². The number of aromatic nitrogens is 2. The lowest BCUT2D eigenvalue weighted by atomic mass is 9.99. The van der Waals surface area contributed by atoms with E-state index in [1.807, 2.05) is 18.1 Å². The van der Waals surface area contributed by atoms with Crippen molar-refractivity contribution >= 4 is 23.4 Å². The molecule has 1 N–H and O–H groups in total. The fourth-order valence-electron chi connectivity index (χ4n) is 5.91. The van der Waals surface area contributed by atoms with E-state index in [0.717, 1.165) is 62.6 Å². The highest BCUT2D eigenvalue weighted by atomic mass is 16.2. The van der Waals surface area contributed by atoms with Gasteiger partial charge in [-0.3, -0.25) is 4.79 Å². The zero-order valence-electron chi connectivity index (χ0n) is 17.8. The van der Waals surface area contributed by atoms with Crippen LogP contribution >= 0.6 is 0 Å². The van der Waals surface area contributed by atoms with E-state index in [9.17, 15) is 4.79 Å². The molecule has 7 nitrogen and oxygen atoms in total. The van der Waals surface area contributed by atoms with E-state index < -0.39 is 0 Å². The van der Waals surface area contributed by atoms with Crippen LogP contribution in [0.2, 0.25) is 0 Å².